The van der Waals surface area contributed by atoms with Gasteiger partial charge in [0.2, 0.25) is 0 Å². The molecular formula is C23H20Cl2FN3O2. The Hall–Kier alpha value is -2.57. The van der Waals surface area contributed by atoms with E-state index in [2.05, 4.69) is 9.97 Å². The summed E-state index contributed by atoms with van der Waals surface area (Å²) in [5, 5.41) is 0.735. The molecule has 4 rings (SSSR count). The van der Waals surface area contributed by atoms with Gasteiger partial charge < -0.3 is 4.90 Å². The maximum Gasteiger partial charge on any atom is 0.256 e. The van der Waals surface area contributed by atoms with E-state index in [4.69, 9.17) is 23.2 Å². The fourth-order valence-electron chi connectivity index (χ4n) is 3.86. The largest absolute Gasteiger partial charge is 0.339 e. The van der Waals surface area contributed by atoms with E-state index < -0.39 is 5.82 Å². The Morgan fingerprint density at radius 1 is 1.00 bits per heavy atom. The molecule has 1 saturated heterocycles. The minimum atomic E-state index is -0.530. The van der Waals surface area contributed by atoms with E-state index in [1.165, 1.54) is 12.1 Å². The van der Waals surface area contributed by atoms with E-state index in [-0.39, 0.29) is 23.2 Å². The molecular weight excluding hydrogens is 440 g/mol. The summed E-state index contributed by atoms with van der Waals surface area (Å²) >= 11 is 12.0. The van der Waals surface area contributed by atoms with Crippen molar-refractivity contribution in [2.45, 2.75) is 26.7 Å². The minimum absolute atomic E-state index is 0.0150. The molecule has 31 heavy (non-hydrogen) atoms. The van der Waals surface area contributed by atoms with Gasteiger partial charge in [-0.25, -0.2) is 14.4 Å². The van der Waals surface area contributed by atoms with Crippen molar-refractivity contribution in [1.82, 2.24) is 14.9 Å². The molecule has 0 unspecified atom stereocenters. The predicted molar refractivity (Wildman–Crippen MR) is 118 cm³/mol. The van der Waals surface area contributed by atoms with Gasteiger partial charge in [-0.05, 0) is 51.0 Å². The molecule has 1 fully saturated rings. The maximum absolute atomic E-state index is 14.2. The summed E-state index contributed by atoms with van der Waals surface area (Å²) < 4.78 is 14.2. The van der Waals surface area contributed by atoms with Crippen LogP contribution in [0.2, 0.25) is 10.0 Å². The van der Waals surface area contributed by atoms with Crippen LogP contribution in [0.4, 0.5) is 4.39 Å². The molecule has 0 atom stereocenters. The molecule has 0 bridgehead atoms. The third kappa shape index (κ3) is 4.27. The van der Waals surface area contributed by atoms with Crippen molar-refractivity contribution in [3.8, 4) is 0 Å². The first-order chi connectivity index (χ1) is 14.7. The lowest BCUT2D eigenvalue weighted by atomic mass is 9.88. The molecule has 0 aliphatic carbocycles. The third-order valence-electron chi connectivity index (χ3n) is 5.73. The topological polar surface area (TPSA) is 63.2 Å². The second-order valence-corrected chi connectivity index (χ2v) is 8.59. The maximum atomic E-state index is 14.2. The number of rotatable bonds is 3. The summed E-state index contributed by atoms with van der Waals surface area (Å²) in [4.78, 5) is 36.5. The van der Waals surface area contributed by atoms with Crippen molar-refractivity contribution < 1.29 is 14.0 Å². The average molecular weight is 460 g/mol. The van der Waals surface area contributed by atoms with Gasteiger partial charge >= 0.3 is 0 Å². The highest BCUT2D eigenvalue weighted by molar-refractivity contribution is 6.42. The van der Waals surface area contributed by atoms with Crippen molar-refractivity contribution >= 4 is 45.9 Å². The van der Waals surface area contributed by atoms with Crippen LogP contribution >= 0.6 is 23.2 Å². The van der Waals surface area contributed by atoms with Crippen LogP contribution in [0.1, 0.15) is 44.9 Å². The summed E-state index contributed by atoms with van der Waals surface area (Å²) in [6, 6.07) is 7.34. The Labute approximate surface area is 189 Å². The lowest BCUT2D eigenvalue weighted by Crippen LogP contribution is -2.40. The van der Waals surface area contributed by atoms with Crippen molar-refractivity contribution in [3.63, 3.8) is 0 Å². The number of carbonyl (C=O) groups is 2. The van der Waals surface area contributed by atoms with Gasteiger partial charge in [-0.15, -0.1) is 0 Å². The van der Waals surface area contributed by atoms with Crippen LogP contribution in [-0.2, 0) is 0 Å². The van der Waals surface area contributed by atoms with Gasteiger partial charge in [0.1, 0.15) is 11.3 Å². The highest BCUT2D eigenvalue weighted by Crippen LogP contribution is 2.28. The number of Topliss-reactive ketones (excluding diaryl/α,β-unsaturated/α-hetero) is 1. The van der Waals surface area contributed by atoms with E-state index >= 15 is 0 Å². The third-order valence-corrected chi connectivity index (χ3v) is 6.47. The standard InChI is InChI=1S/C23H20Cl2FN3O2/c1-12-13(2)28-21-17(10-16(26)11-20(21)27-12)23(31)29-7-5-14(6-8-29)22(30)15-3-4-18(24)19(25)9-15/h3-4,9-11,14H,5-8H2,1-2H3. The fourth-order valence-corrected chi connectivity index (χ4v) is 4.16. The van der Waals surface area contributed by atoms with Crippen LogP contribution in [-0.4, -0.2) is 39.6 Å². The molecule has 0 radical (unpaired) electrons. The molecule has 1 aliphatic rings. The number of nitrogens with zero attached hydrogens (tertiary/aromatic N) is 3. The second-order valence-electron chi connectivity index (χ2n) is 7.78. The molecule has 0 N–H and O–H groups in total. The number of hydrogen-bond donors (Lipinski definition) is 0. The number of halogens is 3. The number of amides is 1. The van der Waals surface area contributed by atoms with Crippen molar-refractivity contribution in [2.24, 2.45) is 5.92 Å². The summed E-state index contributed by atoms with van der Waals surface area (Å²) in [5.74, 6) is -1.06. The molecule has 2 aromatic carbocycles. The molecule has 1 amide bonds. The number of piperidine rings is 1. The lowest BCUT2D eigenvalue weighted by Gasteiger charge is -2.31. The van der Waals surface area contributed by atoms with Crippen LogP contribution in [0.3, 0.4) is 0 Å². The Morgan fingerprint density at radius 3 is 2.35 bits per heavy atom. The van der Waals surface area contributed by atoms with Gasteiger partial charge in [-0.3, -0.25) is 9.59 Å². The summed E-state index contributed by atoms with van der Waals surface area (Å²) in [6.07, 6.45) is 1.03. The molecule has 1 aromatic heterocycles. The molecule has 8 heteroatoms. The van der Waals surface area contributed by atoms with E-state index in [1.54, 1.807) is 36.9 Å². The molecule has 5 nitrogen and oxygen atoms in total. The number of benzene rings is 2. The summed E-state index contributed by atoms with van der Waals surface area (Å²) in [6.45, 7) is 4.39. The van der Waals surface area contributed by atoms with E-state index in [0.717, 1.165) is 0 Å². The first-order valence-electron chi connectivity index (χ1n) is 9.97. The van der Waals surface area contributed by atoms with Gasteiger partial charge in [-0.2, -0.15) is 0 Å². The number of fused-ring (bicyclic) bond motifs is 1. The molecule has 1 aliphatic heterocycles. The summed E-state index contributed by atoms with van der Waals surface area (Å²) in [7, 11) is 0. The minimum Gasteiger partial charge on any atom is -0.339 e. The van der Waals surface area contributed by atoms with Crippen LogP contribution in [0.5, 0.6) is 0 Å². The quantitative estimate of drug-likeness (QED) is 0.490. The number of carbonyl (C=O) groups excluding carboxylic acids is 2. The number of hydrogen-bond acceptors (Lipinski definition) is 4. The monoisotopic (exact) mass is 459 g/mol. The number of aryl methyl sites for hydroxylation is 2. The number of ketones is 1. The van der Waals surface area contributed by atoms with Gasteiger partial charge in [0.15, 0.2) is 5.78 Å². The van der Waals surface area contributed by atoms with Crippen LogP contribution in [0.25, 0.3) is 11.0 Å². The van der Waals surface area contributed by atoms with Crippen molar-refractivity contribution in [3.05, 3.63) is 68.7 Å². The molecule has 0 spiro atoms. The summed E-state index contributed by atoms with van der Waals surface area (Å²) in [5.41, 5.74) is 2.84. The first kappa shape index (κ1) is 21.7. The fraction of sp³-hybridized carbons (Fsp3) is 0.304. The molecule has 0 saturated carbocycles. The Balaban J connectivity index is 1.53. The zero-order valence-corrected chi connectivity index (χ0v) is 18.6. The molecule has 160 valence electrons. The zero-order chi connectivity index (χ0) is 22.3. The number of likely N-dealkylation sites (tertiary alicyclic amines) is 1. The van der Waals surface area contributed by atoms with E-state index in [1.807, 2.05) is 0 Å². The predicted octanol–water partition coefficient (Wildman–Crippen LogP) is 5.43. The smallest absolute Gasteiger partial charge is 0.256 e. The Morgan fingerprint density at radius 2 is 1.68 bits per heavy atom. The lowest BCUT2D eigenvalue weighted by molar-refractivity contribution is 0.0651. The number of aromatic nitrogens is 2. The highest BCUT2D eigenvalue weighted by atomic mass is 35.5. The molecule has 2 heterocycles. The van der Waals surface area contributed by atoms with E-state index in [0.29, 0.717) is 64.0 Å². The Bertz CT molecular complexity index is 1210. The van der Waals surface area contributed by atoms with Crippen molar-refractivity contribution in [1.29, 1.82) is 0 Å². The highest BCUT2D eigenvalue weighted by Gasteiger charge is 2.30. The van der Waals surface area contributed by atoms with Crippen LogP contribution < -0.4 is 0 Å². The first-order valence-corrected chi connectivity index (χ1v) is 10.7. The second kappa shape index (κ2) is 8.52. The normalized spacial score (nSPS) is 14.8. The van der Waals surface area contributed by atoms with Crippen LogP contribution in [0, 0.1) is 25.6 Å². The van der Waals surface area contributed by atoms with Crippen LogP contribution in [0.15, 0.2) is 30.3 Å². The SMILES string of the molecule is Cc1nc2cc(F)cc(C(=O)N3CCC(C(=O)c4ccc(Cl)c(Cl)c4)CC3)c2nc1C. The van der Waals surface area contributed by atoms with Gasteiger partial charge in [0.05, 0.1) is 32.5 Å². The van der Waals surface area contributed by atoms with Gasteiger partial charge in [0.25, 0.3) is 5.91 Å². The van der Waals surface area contributed by atoms with Gasteiger partial charge in [-0.1, -0.05) is 23.2 Å². The molecule has 3 aromatic rings. The zero-order valence-electron chi connectivity index (χ0n) is 17.1. The van der Waals surface area contributed by atoms with E-state index in [9.17, 15) is 14.0 Å². The van der Waals surface area contributed by atoms with Crippen molar-refractivity contribution in [2.75, 3.05) is 13.1 Å². The Kier molecular flexibility index (Phi) is 5.95. The van der Waals surface area contributed by atoms with Gasteiger partial charge in [0, 0.05) is 30.6 Å². The average Bonchev–Trinajstić information content (AvgIpc) is 2.75.